The van der Waals surface area contributed by atoms with Crippen molar-refractivity contribution in [2.45, 2.75) is 44.1 Å². The number of nitrogens with one attached hydrogen (secondary N) is 2. The van der Waals surface area contributed by atoms with E-state index < -0.39 is 17.4 Å². The predicted octanol–water partition coefficient (Wildman–Crippen LogP) is 3.06. The molecule has 0 radical (unpaired) electrons. The molecule has 1 saturated heterocycles. The highest BCUT2D eigenvalue weighted by Crippen LogP contribution is 2.33. The molecule has 1 aromatic carbocycles. The first-order valence-electron chi connectivity index (χ1n) is 8.30. The van der Waals surface area contributed by atoms with E-state index in [1.54, 1.807) is 0 Å². The van der Waals surface area contributed by atoms with E-state index in [2.05, 4.69) is 10.6 Å². The van der Waals surface area contributed by atoms with Crippen LogP contribution in [0.4, 0.5) is 14.9 Å². The van der Waals surface area contributed by atoms with Crippen molar-refractivity contribution < 1.29 is 18.8 Å². The van der Waals surface area contributed by atoms with Gasteiger partial charge in [0.25, 0.3) is 5.91 Å². The topological polar surface area (TPSA) is 78.5 Å². The molecule has 0 unspecified atom stereocenters. The summed E-state index contributed by atoms with van der Waals surface area (Å²) in [4.78, 5) is 37.9. The van der Waals surface area contributed by atoms with Crippen LogP contribution in [-0.2, 0) is 9.59 Å². The molecular formula is C17H19ClFN3O3. The molecule has 0 aromatic heterocycles. The first kappa shape index (κ1) is 17.7. The second-order valence-corrected chi connectivity index (χ2v) is 6.86. The molecule has 134 valence electrons. The highest BCUT2D eigenvalue weighted by Gasteiger charge is 2.50. The maximum Gasteiger partial charge on any atom is 0.325 e. The van der Waals surface area contributed by atoms with Gasteiger partial charge in [0.05, 0.1) is 5.02 Å². The van der Waals surface area contributed by atoms with E-state index in [-0.39, 0.29) is 29.8 Å². The molecule has 1 spiro atoms. The second kappa shape index (κ2) is 7.00. The van der Waals surface area contributed by atoms with Crippen molar-refractivity contribution in [2.75, 3.05) is 11.9 Å². The number of urea groups is 1. The zero-order chi connectivity index (χ0) is 18.0. The summed E-state index contributed by atoms with van der Waals surface area (Å²) in [5, 5.41) is 5.29. The summed E-state index contributed by atoms with van der Waals surface area (Å²) in [6.45, 7) is 0.00712. The molecule has 3 rings (SSSR count). The van der Waals surface area contributed by atoms with Gasteiger partial charge in [-0.3, -0.25) is 14.5 Å². The standard InChI is InChI=1S/C17H19ClFN3O3/c18-12-10-11(4-5-13(12)19)20-14(23)6-9-22-15(24)17(21-16(22)25)7-2-1-3-8-17/h4-5,10H,1-3,6-9H2,(H,20,23)(H,21,25). The summed E-state index contributed by atoms with van der Waals surface area (Å²) in [6.07, 6.45) is 4.14. The van der Waals surface area contributed by atoms with Gasteiger partial charge < -0.3 is 10.6 Å². The number of nitrogens with zero attached hydrogens (tertiary/aromatic N) is 1. The quantitative estimate of drug-likeness (QED) is 0.803. The van der Waals surface area contributed by atoms with Gasteiger partial charge in [0.1, 0.15) is 11.4 Å². The SMILES string of the molecule is O=C(CCN1C(=O)NC2(CCCCC2)C1=O)Nc1ccc(F)c(Cl)c1. The van der Waals surface area contributed by atoms with Gasteiger partial charge in [-0.05, 0) is 31.0 Å². The van der Waals surface area contributed by atoms with Crippen molar-refractivity contribution in [3.05, 3.63) is 29.0 Å². The average Bonchev–Trinajstić information content (AvgIpc) is 2.80. The number of hydrogen-bond acceptors (Lipinski definition) is 3. The third-order valence-electron chi connectivity index (χ3n) is 4.72. The lowest BCUT2D eigenvalue weighted by atomic mass is 9.82. The zero-order valence-electron chi connectivity index (χ0n) is 13.6. The molecule has 1 aliphatic heterocycles. The van der Waals surface area contributed by atoms with Gasteiger partial charge in [-0.15, -0.1) is 0 Å². The molecule has 1 heterocycles. The lowest BCUT2D eigenvalue weighted by Gasteiger charge is -2.30. The lowest BCUT2D eigenvalue weighted by Crippen LogP contribution is -2.48. The highest BCUT2D eigenvalue weighted by molar-refractivity contribution is 6.31. The molecule has 2 aliphatic rings. The van der Waals surface area contributed by atoms with Gasteiger partial charge in [-0.1, -0.05) is 30.9 Å². The molecule has 8 heteroatoms. The van der Waals surface area contributed by atoms with Crippen LogP contribution in [0.15, 0.2) is 18.2 Å². The van der Waals surface area contributed by atoms with Gasteiger partial charge in [-0.2, -0.15) is 0 Å². The van der Waals surface area contributed by atoms with Crippen molar-refractivity contribution in [2.24, 2.45) is 0 Å². The van der Waals surface area contributed by atoms with Crippen LogP contribution in [0, 0.1) is 5.82 Å². The maximum absolute atomic E-state index is 13.1. The van der Waals surface area contributed by atoms with Crippen LogP contribution in [0.25, 0.3) is 0 Å². The Balaban J connectivity index is 1.57. The second-order valence-electron chi connectivity index (χ2n) is 6.46. The Hall–Kier alpha value is -2.15. The highest BCUT2D eigenvalue weighted by atomic mass is 35.5. The number of amides is 4. The zero-order valence-corrected chi connectivity index (χ0v) is 14.4. The van der Waals surface area contributed by atoms with Crippen molar-refractivity contribution in [1.29, 1.82) is 0 Å². The number of rotatable bonds is 4. The molecule has 1 aliphatic carbocycles. The first-order valence-corrected chi connectivity index (χ1v) is 8.68. The van der Waals surface area contributed by atoms with Crippen LogP contribution in [0.2, 0.25) is 5.02 Å². The van der Waals surface area contributed by atoms with Gasteiger partial charge in [0.15, 0.2) is 0 Å². The molecule has 6 nitrogen and oxygen atoms in total. The fourth-order valence-corrected chi connectivity index (χ4v) is 3.56. The summed E-state index contributed by atoms with van der Waals surface area (Å²) in [6, 6.07) is 3.41. The van der Waals surface area contributed by atoms with Gasteiger partial charge in [-0.25, -0.2) is 9.18 Å². The third kappa shape index (κ3) is 3.61. The molecule has 1 aromatic rings. The summed E-state index contributed by atoms with van der Waals surface area (Å²) in [5.74, 6) is -1.19. The van der Waals surface area contributed by atoms with Crippen molar-refractivity contribution in [3.63, 3.8) is 0 Å². The van der Waals surface area contributed by atoms with Crippen LogP contribution in [0.3, 0.4) is 0 Å². The number of carbonyl (C=O) groups excluding carboxylic acids is 3. The molecular weight excluding hydrogens is 349 g/mol. The average molecular weight is 368 g/mol. The van der Waals surface area contributed by atoms with Crippen LogP contribution in [0.1, 0.15) is 38.5 Å². The number of benzene rings is 1. The Labute approximate surface area is 149 Å². The van der Waals surface area contributed by atoms with E-state index in [1.165, 1.54) is 12.1 Å². The molecule has 25 heavy (non-hydrogen) atoms. The van der Waals surface area contributed by atoms with Crippen LogP contribution < -0.4 is 10.6 Å². The van der Waals surface area contributed by atoms with E-state index in [4.69, 9.17) is 11.6 Å². The van der Waals surface area contributed by atoms with E-state index in [1.807, 2.05) is 0 Å². The van der Waals surface area contributed by atoms with Gasteiger partial charge in [0, 0.05) is 18.7 Å². The predicted molar refractivity (Wildman–Crippen MR) is 90.7 cm³/mol. The van der Waals surface area contributed by atoms with E-state index in [0.717, 1.165) is 30.2 Å². The molecule has 2 N–H and O–H groups in total. The minimum Gasteiger partial charge on any atom is -0.326 e. The van der Waals surface area contributed by atoms with Crippen molar-refractivity contribution >= 4 is 35.1 Å². The smallest absolute Gasteiger partial charge is 0.325 e. The van der Waals surface area contributed by atoms with Crippen molar-refractivity contribution in [1.82, 2.24) is 10.2 Å². The third-order valence-corrected chi connectivity index (χ3v) is 5.01. The van der Waals surface area contributed by atoms with E-state index in [9.17, 15) is 18.8 Å². The Kier molecular flexibility index (Phi) is 4.94. The molecule has 2 fully saturated rings. The van der Waals surface area contributed by atoms with E-state index >= 15 is 0 Å². The largest absolute Gasteiger partial charge is 0.326 e. The molecule has 4 amide bonds. The number of carbonyl (C=O) groups is 3. The van der Waals surface area contributed by atoms with Gasteiger partial charge in [0.2, 0.25) is 5.91 Å². The van der Waals surface area contributed by atoms with Crippen LogP contribution in [0.5, 0.6) is 0 Å². The number of hydrogen-bond donors (Lipinski definition) is 2. The summed E-state index contributed by atoms with van der Waals surface area (Å²) >= 11 is 5.67. The lowest BCUT2D eigenvalue weighted by molar-refractivity contribution is -0.132. The van der Waals surface area contributed by atoms with Crippen LogP contribution >= 0.6 is 11.6 Å². The number of imide groups is 1. The van der Waals surface area contributed by atoms with Gasteiger partial charge >= 0.3 is 6.03 Å². The number of halogens is 2. The summed E-state index contributed by atoms with van der Waals surface area (Å²) in [7, 11) is 0. The Morgan fingerprint density at radius 3 is 2.68 bits per heavy atom. The minimum absolute atomic E-state index is 0.00712. The minimum atomic E-state index is -0.781. The Morgan fingerprint density at radius 1 is 1.28 bits per heavy atom. The normalized spacial score (nSPS) is 19.2. The first-order chi connectivity index (χ1) is 11.9. The Bertz CT molecular complexity index is 719. The van der Waals surface area contributed by atoms with Crippen molar-refractivity contribution in [3.8, 4) is 0 Å². The maximum atomic E-state index is 13.1. The fourth-order valence-electron chi connectivity index (χ4n) is 3.38. The Morgan fingerprint density at radius 2 is 2.00 bits per heavy atom. The summed E-state index contributed by atoms with van der Waals surface area (Å²) < 4.78 is 13.1. The molecule has 0 bridgehead atoms. The summed E-state index contributed by atoms with van der Waals surface area (Å²) in [5.41, 5.74) is -0.423. The fraction of sp³-hybridized carbons (Fsp3) is 0.471. The molecule has 1 saturated carbocycles. The van der Waals surface area contributed by atoms with Crippen LogP contribution in [-0.4, -0.2) is 34.8 Å². The molecule has 0 atom stereocenters. The van der Waals surface area contributed by atoms with E-state index in [0.29, 0.717) is 18.5 Å². The monoisotopic (exact) mass is 367 g/mol. The number of anilines is 1.